The largest absolute Gasteiger partial charge is 0.352 e. The van der Waals surface area contributed by atoms with Gasteiger partial charge in [-0.3, -0.25) is 4.79 Å². The molecule has 1 aromatic carbocycles. The van der Waals surface area contributed by atoms with Gasteiger partial charge in [0.25, 0.3) is 5.91 Å². The maximum absolute atomic E-state index is 11.9. The lowest BCUT2D eigenvalue weighted by molar-refractivity contribution is 0.0953. The summed E-state index contributed by atoms with van der Waals surface area (Å²) < 4.78 is 0.940. The smallest absolute Gasteiger partial charge is 0.251 e. The van der Waals surface area contributed by atoms with E-state index in [2.05, 4.69) is 21.2 Å². The zero-order valence-electron chi connectivity index (χ0n) is 10.6. The third-order valence-corrected chi connectivity index (χ3v) is 3.38. The molecular formula is C14H19BrClNO. The molecule has 0 aliphatic heterocycles. The van der Waals surface area contributed by atoms with Crippen molar-refractivity contribution < 1.29 is 4.79 Å². The Morgan fingerprint density at radius 2 is 1.94 bits per heavy atom. The molecule has 1 rings (SSSR count). The zero-order valence-corrected chi connectivity index (χ0v) is 13.0. The van der Waals surface area contributed by atoms with Crippen LogP contribution in [0.25, 0.3) is 0 Å². The second kappa shape index (κ2) is 8.54. The van der Waals surface area contributed by atoms with Gasteiger partial charge < -0.3 is 5.32 Å². The third kappa shape index (κ3) is 5.87. The molecule has 0 aliphatic rings. The molecular weight excluding hydrogens is 314 g/mol. The predicted molar refractivity (Wildman–Crippen MR) is 80.4 cm³/mol. The lowest BCUT2D eigenvalue weighted by Crippen LogP contribution is -2.24. The summed E-state index contributed by atoms with van der Waals surface area (Å²) in [6.45, 7) is 2.71. The number of hydrogen-bond acceptors (Lipinski definition) is 1. The Bertz CT molecular complexity index is 375. The normalized spacial score (nSPS) is 10.4. The predicted octanol–water partition coefficient (Wildman–Crippen LogP) is 4.29. The van der Waals surface area contributed by atoms with E-state index in [-0.39, 0.29) is 5.91 Å². The molecule has 0 aliphatic carbocycles. The number of carbonyl (C=O) groups excluding carboxylic acids is 1. The number of nitrogens with one attached hydrogen (secondary N) is 1. The van der Waals surface area contributed by atoms with Crippen LogP contribution in [0.5, 0.6) is 0 Å². The van der Waals surface area contributed by atoms with E-state index >= 15 is 0 Å². The van der Waals surface area contributed by atoms with Gasteiger partial charge in [-0.05, 0) is 43.5 Å². The van der Waals surface area contributed by atoms with E-state index < -0.39 is 0 Å². The second-order valence-corrected chi connectivity index (χ2v) is 5.67. The number of hydrogen-bond donors (Lipinski definition) is 1. The minimum atomic E-state index is -0.00302. The monoisotopic (exact) mass is 331 g/mol. The molecule has 0 fully saturated rings. The highest BCUT2D eigenvalue weighted by Gasteiger charge is 2.06. The number of halogens is 2. The lowest BCUT2D eigenvalue weighted by Gasteiger charge is -2.06. The van der Waals surface area contributed by atoms with Gasteiger partial charge >= 0.3 is 0 Å². The quantitative estimate of drug-likeness (QED) is 0.586. The lowest BCUT2D eigenvalue weighted by atomic mass is 10.1. The molecule has 0 saturated heterocycles. The van der Waals surface area contributed by atoms with Gasteiger partial charge in [-0.2, -0.15) is 0 Å². The van der Waals surface area contributed by atoms with Crippen molar-refractivity contribution in [3.05, 3.63) is 33.8 Å². The molecule has 0 bridgehead atoms. The van der Waals surface area contributed by atoms with E-state index in [1.54, 1.807) is 0 Å². The standard InChI is InChI=1S/C14H19BrClNO/c1-11-8-12(10-13(15)9-11)14(18)17-7-5-3-2-4-6-16/h8-10H,2-7H2,1H3,(H,17,18). The number of unbranched alkanes of at least 4 members (excludes halogenated alkanes) is 3. The molecule has 4 heteroatoms. The second-order valence-electron chi connectivity index (χ2n) is 4.38. The summed E-state index contributed by atoms with van der Waals surface area (Å²) in [6.07, 6.45) is 4.32. The number of aryl methyl sites for hydroxylation is 1. The van der Waals surface area contributed by atoms with Crippen LogP contribution >= 0.6 is 27.5 Å². The molecule has 0 saturated carbocycles. The molecule has 18 heavy (non-hydrogen) atoms. The minimum absolute atomic E-state index is 0.00302. The molecule has 1 amide bonds. The van der Waals surface area contributed by atoms with Crippen molar-refractivity contribution >= 4 is 33.4 Å². The average Bonchev–Trinajstić information content (AvgIpc) is 2.32. The van der Waals surface area contributed by atoms with Crippen LogP contribution in [0, 0.1) is 6.92 Å². The fourth-order valence-corrected chi connectivity index (χ4v) is 2.54. The Morgan fingerprint density at radius 1 is 1.22 bits per heavy atom. The van der Waals surface area contributed by atoms with Gasteiger partial charge in [-0.1, -0.05) is 28.8 Å². The van der Waals surface area contributed by atoms with Crippen molar-refractivity contribution in [1.82, 2.24) is 5.32 Å². The Balaban J connectivity index is 2.32. The van der Waals surface area contributed by atoms with Gasteiger partial charge in [0.1, 0.15) is 0 Å². The number of rotatable bonds is 7. The number of benzene rings is 1. The Hall–Kier alpha value is -0.540. The third-order valence-electron chi connectivity index (χ3n) is 2.65. The SMILES string of the molecule is Cc1cc(Br)cc(C(=O)NCCCCCCCl)c1. The van der Waals surface area contributed by atoms with Crippen LogP contribution in [0.3, 0.4) is 0 Å². The summed E-state index contributed by atoms with van der Waals surface area (Å²) in [5.74, 6) is 0.723. The van der Waals surface area contributed by atoms with Gasteiger partial charge in [0.15, 0.2) is 0 Å². The van der Waals surface area contributed by atoms with Gasteiger partial charge in [0.2, 0.25) is 0 Å². The van der Waals surface area contributed by atoms with Crippen LogP contribution in [-0.4, -0.2) is 18.3 Å². The van der Waals surface area contributed by atoms with Crippen molar-refractivity contribution in [3.63, 3.8) is 0 Å². The van der Waals surface area contributed by atoms with Crippen molar-refractivity contribution in [1.29, 1.82) is 0 Å². The summed E-state index contributed by atoms with van der Waals surface area (Å²) in [5.41, 5.74) is 1.79. The summed E-state index contributed by atoms with van der Waals surface area (Å²) in [6, 6.07) is 5.73. The summed E-state index contributed by atoms with van der Waals surface area (Å²) >= 11 is 9.00. The Labute approximate surface area is 122 Å². The molecule has 0 aromatic heterocycles. The first-order chi connectivity index (χ1) is 8.63. The topological polar surface area (TPSA) is 29.1 Å². The van der Waals surface area contributed by atoms with E-state index in [9.17, 15) is 4.79 Å². The van der Waals surface area contributed by atoms with Crippen molar-refractivity contribution in [2.45, 2.75) is 32.6 Å². The first kappa shape index (κ1) is 15.5. The number of amides is 1. The van der Waals surface area contributed by atoms with E-state index in [0.717, 1.165) is 48.1 Å². The summed E-state index contributed by atoms with van der Waals surface area (Å²) in [7, 11) is 0. The number of carbonyl (C=O) groups is 1. The van der Waals surface area contributed by atoms with Crippen molar-refractivity contribution in [2.75, 3.05) is 12.4 Å². The molecule has 0 radical (unpaired) electrons. The fourth-order valence-electron chi connectivity index (χ4n) is 1.74. The first-order valence-electron chi connectivity index (χ1n) is 6.25. The van der Waals surface area contributed by atoms with Crippen LogP contribution < -0.4 is 5.32 Å². The van der Waals surface area contributed by atoms with E-state index in [4.69, 9.17) is 11.6 Å². The highest BCUT2D eigenvalue weighted by Crippen LogP contribution is 2.15. The van der Waals surface area contributed by atoms with Crippen molar-refractivity contribution in [2.24, 2.45) is 0 Å². The van der Waals surface area contributed by atoms with Crippen LogP contribution in [0.15, 0.2) is 22.7 Å². The molecule has 0 heterocycles. The van der Waals surface area contributed by atoms with E-state index in [0.29, 0.717) is 5.56 Å². The van der Waals surface area contributed by atoms with E-state index in [1.807, 2.05) is 25.1 Å². The molecule has 1 N–H and O–H groups in total. The molecule has 100 valence electrons. The molecule has 1 aromatic rings. The van der Waals surface area contributed by atoms with Gasteiger partial charge in [-0.15, -0.1) is 11.6 Å². The Morgan fingerprint density at radius 3 is 2.61 bits per heavy atom. The molecule has 0 spiro atoms. The average molecular weight is 333 g/mol. The first-order valence-corrected chi connectivity index (χ1v) is 7.57. The minimum Gasteiger partial charge on any atom is -0.352 e. The summed E-state index contributed by atoms with van der Waals surface area (Å²) in [4.78, 5) is 11.9. The zero-order chi connectivity index (χ0) is 13.4. The summed E-state index contributed by atoms with van der Waals surface area (Å²) in [5, 5.41) is 2.94. The molecule has 0 unspecified atom stereocenters. The van der Waals surface area contributed by atoms with Gasteiger partial charge in [0, 0.05) is 22.5 Å². The van der Waals surface area contributed by atoms with Crippen molar-refractivity contribution in [3.8, 4) is 0 Å². The maximum atomic E-state index is 11.9. The van der Waals surface area contributed by atoms with Crippen LogP contribution in [0.1, 0.15) is 41.6 Å². The van der Waals surface area contributed by atoms with Gasteiger partial charge in [0.05, 0.1) is 0 Å². The molecule has 0 atom stereocenters. The van der Waals surface area contributed by atoms with Crippen LogP contribution in [0.4, 0.5) is 0 Å². The maximum Gasteiger partial charge on any atom is 0.251 e. The Kier molecular flexibility index (Phi) is 7.36. The molecule has 2 nitrogen and oxygen atoms in total. The highest BCUT2D eigenvalue weighted by atomic mass is 79.9. The van der Waals surface area contributed by atoms with Crippen LogP contribution in [0.2, 0.25) is 0 Å². The van der Waals surface area contributed by atoms with E-state index in [1.165, 1.54) is 0 Å². The van der Waals surface area contributed by atoms with Crippen LogP contribution in [-0.2, 0) is 0 Å². The fraction of sp³-hybridized carbons (Fsp3) is 0.500. The highest BCUT2D eigenvalue weighted by molar-refractivity contribution is 9.10. The van der Waals surface area contributed by atoms with Gasteiger partial charge in [-0.25, -0.2) is 0 Å². The number of alkyl halides is 1.